The number of ether oxygens (including phenoxy) is 1. The molecule has 3 atom stereocenters. The van der Waals surface area contributed by atoms with E-state index in [1.165, 1.54) is 19.2 Å². The standard InChI is InChI=1S/C15H19FN2O2/c1-9-13-7-17-6-10(13)8-18(9)15(19)12-4-3-11(20-2)5-14(12)16/h3-5,9-10,13,17H,6-8H2,1-2H3/t9-,10+,13-/m0/s1. The second kappa shape index (κ2) is 5.05. The van der Waals surface area contributed by atoms with E-state index in [1.807, 2.05) is 0 Å². The van der Waals surface area contributed by atoms with E-state index < -0.39 is 5.82 Å². The van der Waals surface area contributed by atoms with E-state index in [4.69, 9.17) is 4.74 Å². The predicted octanol–water partition coefficient (Wildman–Crippen LogP) is 1.51. The molecule has 2 heterocycles. The molecule has 1 aromatic carbocycles. The first-order valence-electron chi connectivity index (χ1n) is 6.97. The number of amides is 1. The van der Waals surface area contributed by atoms with E-state index in [2.05, 4.69) is 12.2 Å². The number of hydrogen-bond donors (Lipinski definition) is 1. The van der Waals surface area contributed by atoms with Crippen molar-refractivity contribution >= 4 is 5.91 Å². The lowest BCUT2D eigenvalue weighted by Gasteiger charge is -2.24. The SMILES string of the molecule is COc1ccc(C(=O)N2C[C@H]3CNC[C@H]3[C@@H]2C)c(F)c1. The van der Waals surface area contributed by atoms with Crippen molar-refractivity contribution in [2.24, 2.45) is 11.8 Å². The first-order chi connectivity index (χ1) is 9.61. The monoisotopic (exact) mass is 278 g/mol. The van der Waals surface area contributed by atoms with Crippen molar-refractivity contribution in [3.05, 3.63) is 29.6 Å². The Morgan fingerprint density at radius 3 is 2.90 bits per heavy atom. The number of benzene rings is 1. The van der Waals surface area contributed by atoms with Crippen LogP contribution in [0.25, 0.3) is 0 Å². The summed E-state index contributed by atoms with van der Waals surface area (Å²) in [5, 5.41) is 3.35. The minimum Gasteiger partial charge on any atom is -0.497 e. The zero-order valence-corrected chi connectivity index (χ0v) is 11.7. The van der Waals surface area contributed by atoms with Crippen molar-refractivity contribution in [1.82, 2.24) is 10.2 Å². The van der Waals surface area contributed by atoms with Gasteiger partial charge in [-0.1, -0.05) is 0 Å². The molecule has 0 spiro atoms. The van der Waals surface area contributed by atoms with Gasteiger partial charge in [-0.05, 0) is 30.9 Å². The highest BCUT2D eigenvalue weighted by molar-refractivity contribution is 5.95. The van der Waals surface area contributed by atoms with Gasteiger partial charge in [-0.25, -0.2) is 4.39 Å². The van der Waals surface area contributed by atoms with E-state index in [0.29, 0.717) is 24.1 Å². The summed E-state index contributed by atoms with van der Waals surface area (Å²) in [5.74, 6) is 0.675. The van der Waals surface area contributed by atoms with Gasteiger partial charge in [0, 0.05) is 31.7 Å². The normalized spacial score (nSPS) is 28.6. The molecule has 20 heavy (non-hydrogen) atoms. The van der Waals surface area contributed by atoms with E-state index in [-0.39, 0.29) is 17.5 Å². The highest BCUT2D eigenvalue weighted by atomic mass is 19.1. The van der Waals surface area contributed by atoms with Crippen LogP contribution in [0.3, 0.4) is 0 Å². The van der Waals surface area contributed by atoms with Gasteiger partial charge in [-0.3, -0.25) is 4.79 Å². The van der Waals surface area contributed by atoms with E-state index in [9.17, 15) is 9.18 Å². The maximum absolute atomic E-state index is 14.0. The maximum atomic E-state index is 14.0. The average molecular weight is 278 g/mol. The van der Waals surface area contributed by atoms with Gasteiger partial charge >= 0.3 is 0 Å². The van der Waals surface area contributed by atoms with Gasteiger partial charge in [0.1, 0.15) is 11.6 Å². The molecule has 1 amide bonds. The molecular formula is C15H19FN2O2. The summed E-state index contributed by atoms with van der Waals surface area (Å²) >= 11 is 0. The van der Waals surface area contributed by atoms with Gasteiger partial charge < -0.3 is 15.0 Å². The van der Waals surface area contributed by atoms with Crippen molar-refractivity contribution in [2.75, 3.05) is 26.7 Å². The topological polar surface area (TPSA) is 41.6 Å². The Balaban J connectivity index is 1.83. The fourth-order valence-corrected chi connectivity index (χ4v) is 3.39. The summed E-state index contributed by atoms with van der Waals surface area (Å²) in [6.07, 6.45) is 0. The molecule has 0 bridgehead atoms. The van der Waals surface area contributed by atoms with Crippen LogP contribution < -0.4 is 10.1 Å². The largest absolute Gasteiger partial charge is 0.497 e. The number of fused-ring (bicyclic) bond motifs is 1. The quantitative estimate of drug-likeness (QED) is 0.891. The molecule has 108 valence electrons. The van der Waals surface area contributed by atoms with Gasteiger partial charge in [-0.2, -0.15) is 0 Å². The number of carbonyl (C=O) groups excluding carboxylic acids is 1. The van der Waals surface area contributed by atoms with Gasteiger partial charge in [0.05, 0.1) is 12.7 Å². The third kappa shape index (κ3) is 2.06. The van der Waals surface area contributed by atoms with Crippen molar-refractivity contribution in [3.8, 4) is 5.75 Å². The van der Waals surface area contributed by atoms with Crippen molar-refractivity contribution in [2.45, 2.75) is 13.0 Å². The van der Waals surface area contributed by atoms with Crippen molar-refractivity contribution in [1.29, 1.82) is 0 Å². The number of methoxy groups -OCH3 is 1. The molecule has 4 nitrogen and oxygen atoms in total. The van der Waals surface area contributed by atoms with Crippen LogP contribution in [0, 0.1) is 17.7 Å². The Labute approximate surface area is 117 Å². The summed E-state index contributed by atoms with van der Waals surface area (Å²) in [6.45, 7) is 4.66. The van der Waals surface area contributed by atoms with Gasteiger partial charge in [0.15, 0.2) is 0 Å². The van der Waals surface area contributed by atoms with E-state index >= 15 is 0 Å². The van der Waals surface area contributed by atoms with Crippen molar-refractivity contribution < 1.29 is 13.9 Å². The van der Waals surface area contributed by atoms with Crippen LogP contribution in [0.15, 0.2) is 18.2 Å². The second-order valence-corrected chi connectivity index (χ2v) is 5.63. The third-order valence-corrected chi connectivity index (χ3v) is 4.60. The maximum Gasteiger partial charge on any atom is 0.257 e. The molecule has 0 radical (unpaired) electrons. The van der Waals surface area contributed by atoms with E-state index in [1.54, 1.807) is 11.0 Å². The lowest BCUT2D eigenvalue weighted by Crippen LogP contribution is -2.38. The van der Waals surface area contributed by atoms with Crippen LogP contribution in [-0.2, 0) is 0 Å². The minimum absolute atomic E-state index is 0.130. The molecule has 2 aliphatic rings. The van der Waals surface area contributed by atoms with Crippen LogP contribution >= 0.6 is 0 Å². The summed E-state index contributed by atoms with van der Waals surface area (Å²) in [7, 11) is 1.48. The molecule has 0 unspecified atom stereocenters. The Morgan fingerprint density at radius 1 is 1.45 bits per heavy atom. The van der Waals surface area contributed by atoms with Crippen molar-refractivity contribution in [3.63, 3.8) is 0 Å². The third-order valence-electron chi connectivity index (χ3n) is 4.60. The summed E-state index contributed by atoms with van der Waals surface area (Å²) in [5.41, 5.74) is 0.130. The Bertz CT molecular complexity index is 535. The number of likely N-dealkylation sites (tertiary alicyclic amines) is 1. The highest BCUT2D eigenvalue weighted by Crippen LogP contribution is 2.33. The molecule has 1 N–H and O–H groups in total. The number of halogens is 1. The van der Waals surface area contributed by atoms with Crippen LogP contribution in [0.1, 0.15) is 17.3 Å². The fourth-order valence-electron chi connectivity index (χ4n) is 3.39. The number of carbonyl (C=O) groups is 1. The molecule has 5 heteroatoms. The number of rotatable bonds is 2. The van der Waals surface area contributed by atoms with Crippen LogP contribution in [0.5, 0.6) is 5.75 Å². The number of nitrogens with one attached hydrogen (secondary N) is 1. The lowest BCUT2D eigenvalue weighted by atomic mass is 9.95. The summed E-state index contributed by atoms with van der Waals surface area (Å²) < 4.78 is 19.0. The second-order valence-electron chi connectivity index (χ2n) is 5.63. The van der Waals surface area contributed by atoms with Crippen LogP contribution in [-0.4, -0.2) is 43.6 Å². The summed E-state index contributed by atoms with van der Waals surface area (Å²) in [6, 6.07) is 4.55. The molecular weight excluding hydrogens is 259 g/mol. The van der Waals surface area contributed by atoms with Gasteiger partial charge in [0.2, 0.25) is 0 Å². The predicted molar refractivity (Wildman–Crippen MR) is 73.3 cm³/mol. The first kappa shape index (κ1) is 13.4. The molecule has 2 fully saturated rings. The average Bonchev–Trinajstić information content (AvgIpc) is 3.01. The fraction of sp³-hybridized carbons (Fsp3) is 0.533. The Kier molecular flexibility index (Phi) is 3.38. The molecule has 2 aliphatic heterocycles. The zero-order chi connectivity index (χ0) is 14.3. The summed E-state index contributed by atoms with van der Waals surface area (Å²) in [4.78, 5) is 14.3. The Hall–Kier alpha value is -1.62. The van der Waals surface area contributed by atoms with Crippen LogP contribution in [0.2, 0.25) is 0 Å². The first-order valence-corrected chi connectivity index (χ1v) is 6.97. The minimum atomic E-state index is -0.517. The molecule has 2 saturated heterocycles. The number of hydrogen-bond acceptors (Lipinski definition) is 3. The molecule has 3 rings (SSSR count). The Morgan fingerprint density at radius 2 is 2.25 bits per heavy atom. The van der Waals surface area contributed by atoms with E-state index in [0.717, 1.165) is 13.1 Å². The lowest BCUT2D eigenvalue weighted by molar-refractivity contribution is 0.0723. The zero-order valence-electron chi connectivity index (χ0n) is 11.7. The number of nitrogens with zero attached hydrogens (tertiary/aromatic N) is 1. The molecule has 0 saturated carbocycles. The van der Waals surface area contributed by atoms with Gasteiger partial charge in [0.25, 0.3) is 5.91 Å². The van der Waals surface area contributed by atoms with Crippen LogP contribution in [0.4, 0.5) is 4.39 Å². The molecule has 0 aliphatic carbocycles. The highest BCUT2D eigenvalue weighted by Gasteiger charge is 2.44. The van der Waals surface area contributed by atoms with Gasteiger partial charge in [-0.15, -0.1) is 0 Å². The molecule has 1 aromatic rings. The smallest absolute Gasteiger partial charge is 0.257 e. The molecule has 0 aromatic heterocycles.